The second-order valence-electron chi connectivity index (χ2n) is 8.09. The van der Waals surface area contributed by atoms with Gasteiger partial charge in [-0.25, -0.2) is 4.79 Å². The lowest BCUT2D eigenvalue weighted by Gasteiger charge is -2.38. The Balaban J connectivity index is 1.53. The van der Waals surface area contributed by atoms with E-state index in [1.54, 1.807) is 4.90 Å². The lowest BCUT2D eigenvalue weighted by molar-refractivity contribution is -0.0528. The van der Waals surface area contributed by atoms with E-state index in [-0.39, 0.29) is 18.7 Å². The van der Waals surface area contributed by atoms with Crippen LogP contribution in [0.3, 0.4) is 0 Å². The molecule has 150 valence electrons. The molecule has 2 aliphatic heterocycles. The minimum Gasteiger partial charge on any atom is -0.393 e. The monoisotopic (exact) mass is 375 g/mol. The summed E-state index contributed by atoms with van der Waals surface area (Å²) in [6.07, 6.45) is 5.42. The highest BCUT2D eigenvalue weighted by atomic mass is 16.3. The van der Waals surface area contributed by atoms with Crippen LogP contribution in [0.15, 0.2) is 30.3 Å². The summed E-state index contributed by atoms with van der Waals surface area (Å²) in [5.41, 5.74) is 0.284. The normalized spacial score (nSPS) is 24.1. The molecule has 6 nitrogen and oxygen atoms in total. The van der Waals surface area contributed by atoms with Crippen molar-refractivity contribution >= 4 is 6.03 Å². The molecule has 2 heterocycles. The van der Waals surface area contributed by atoms with E-state index in [0.717, 1.165) is 32.5 Å². The molecule has 27 heavy (non-hydrogen) atoms. The van der Waals surface area contributed by atoms with Gasteiger partial charge in [-0.05, 0) is 37.8 Å². The van der Waals surface area contributed by atoms with Gasteiger partial charge in [-0.2, -0.15) is 0 Å². The Morgan fingerprint density at radius 1 is 1.11 bits per heavy atom. The second-order valence-corrected chi connectivity index (χ2v) is 8.09. The number of hydrogen-bond acceptors (Lipinski definition) is 4. The van der Waals surface area contributed by atoms with Gasteiger partial charge in [-0.1, -0.05) is 43.2 Å². The third kappa shape index (κ3) is 5.92. The number of hydrogen-bond donors (Lipinski definition) is 3. The summed E-state index contributed by atoms with van der Waals surface area (Å²) in [5, 5.41) is 22.6. The van der Waals surface area contributed by atoms with Gasteiger partial charge in [0.2, 0.25) is 0 Å². The van der Waals surface area contributed by atoms with Crippen molar-refractivity contribution < 1.29 is 15.0 Å². The van der Waals surface area contributed by atoms with Gasteiger partial charge in [0.15, 0.2) is 0 Å². The molecule has 2 amide bonds. The van der Waals surface area contributed by atoms with Crippen molar-refractivity contribution in [2.75, 3.05) is 32.8 Å². The molecule has 6 heteroatoms. The molecule has 3 N–H and O–H groups in total. The van der Waals surface area contributed by atoms with E-state index in [1.165, 1.54) is 18.4 Å². The van der Waals surface area contributed by atoms with E-state index in [1.807, 2.05) is 6.07 Å². The minimum atomic E-state index is -1.02. The van der Waals surface area contributed by atoms with E-state index >= 15 is 0 Å². The number of carbonyl (C=O) groups is 1. The zero-order chi connectivity index (χ0) is 19.1. The maximum absolute atomic E-state index is 12.7. The SMILES string of the molecule is O=C(NC1CCCCCN(Cc2ccccc2)C1)N1CCC(O)(CO)CC1. The average molecular weight is 376 g/mol. The third-order valence-electron chi connectivity index (χ3n) is 5.86. The molecular formula is C21H33N3O3. The lowest BCUT2D eigenvalue weighted by atomic mass is 9.92. The Kier molecular flexibility index (Phi) is 7.10. The van der Waals surface area contributed by atoms with Gasteiger partial charge in [0, 0.05) is 32.2 Å². The van der Waals surface area contributed by atoms with Crippen LogP contribution in [0.25, 0.3) is 0 Å². The summed E-state index contributed by atoms with van der Waals surface area (Å²) >= 11 is 0. The Labute approximate surface area is 162 Å². The van der Waals surface area contributed by atoms with Gasteiger partial charge in [-0.3, -0.25) is 4.90 Å². The number of nitrogens with zero attached hydrogens (tertiary/aromatic N) is 2. The zero-order valence-electron chi connectivity index (χ0n) is 16.1. The molecule has 0 saturated carbocycles. The van der Waals surface area contributed by atoms with Crippen molar-refractivity contribution in [1.29, 1.82) is 0 Å². The van der Waals surface area contributed by atoms with Crippen LogP contribution in [0.5, 0.6) is 0 Å². The summed E-state index contributed by atoms with van der Waals surface area (Å²) in [6, 6.07) is 10.6. The van der Waals surface area contributed by atoms with Crippen LogP contribution in [0.2, 0.25) is 0 Å². The van der Waals surface area contributed by atoms with Crippen LogP contribution in [-0.2, 0) is 6.54 Å². The molecule has 1 unspecified atom stereocenters. The molecule has 1 atom stereocenters. The van der Waals surface area contributed by atoms with Crippen molar-refractivity contribution in [3.63, 3.8) is 0 Å². The zero-order valence-corrected chi connectivity index (χ0v) is 16.1. The Hall–Kier alpha value is -1.63. The maximum Gasteiger partial charge on any atom is 0.317 e. The molecule has 0 aliphatic carbocycles. The maximum atomic E-state index is 12.7. The number of likely N-dealkylation sites (tertiary alicyclic amines) is 2. The molecule has 0 spiro atoms. The Bertz CT molecular complexity index is 588. The quantitative estimate of drug-likeness (QED) is 0.752. The van der Waals surface area contributed by atoms with Crippen molar-refractivity contribution in [1.82, 2.24) is 15.1 Å². The number of piperidine rings is 1. The fraction of sp³-hybridized carbons (Fsp3) is 0.667. The molecular weight excluding hydrogens is 342 g/mol. The van der Waals surface area contributed by atoms with Crippen LogP contribution in [0.4, 0.5) is 4.79 Å². The first-order valence-electron chi connectivity index (χ1n) is 10.2. The van der Waals surface area contributed by atoms with E-state index in [2.05, 4.69) is 34.5 Å². The summed E-state index contributed by atoms with van der Waals surface area (Å²) in [5.74, 6) is 0. The molecule has 1 aromatic carbocycles. The standard InChI is InChI=1S/C21H33N3O3/c25-17-21(27)10-13-24(14-11-21)20(26)22-19-9-5-2-6-12-23(16-19)15-18-7-3-1-4-8-18/h1,3-4,7-8,19,25,27H,2,5-6,9-17H2,(H,22,26). The average Bonchev–Trinajstić information content (AvgIpc) is 2.66. The lowest BCUT2D eigenvalue weighted by Crippen LogP contribution is -2.54. The van der Waals surface area contributed by atoms with E-state index in [4.69, 9.17) is 0 Å². The van der Waals surface area contributed by atoms with Gasteiger partial charge in [0.05, 0.1) is 12.2 Å². The number of urea groups is 1. The molecule has 2 fully saturated rings. The summed E-state index contributed by atoms with van der Waals surface area (Å²) in [7, 11) is 0. The second kappa shape index (κ2) is 9.53. The first-order chi connectivity index (χ1) is 13.1. The molecule has 2 saturated heterocycles. The first kappa shape index (κ1) is 20.1. The van der Waals surface area contributed by atoms with Gasteiger partial charge >= 0.3 is 6.03 Å². The highest BCUT2D eigenvalue weighted by Gasteiger charge is 2.33. The predicted octanol–water partition coefficient (Wildman–Crippen LogP) is 1.96. The smallest absolute Gasteiger partial charge is 0.317 e. The van der Waals surface area contributed by atoms with Crippen LogP contribution in [0, 0.1) is 0 Å². The number of carbonyl (C=O) groups excluding carboxylic acids is 1. The molecule has 1 aromatic rings. The summed E-state index contributed by atoms with van der Waals surface area (Å²) < 4.78 is 0. The predicted molar refractivity (Wildman–Crippen MR) is 105 cm³/mol. The fourth-order valence-corrected chi connectivity index (χ4v) is 4.05. The Morgan fingerprint density at radius 3 is 2.56 bits per heavy atom. The summed E-state index contributed by atoms with van der Waals surface area (Å²) in [4.78, 5) is 16.9. The fourth-order valence-electron chi connectivity index (χ4n) is 4.05. The largest absolute Gasteiger partial charge is 0.393 e. The van der Waals surface area contributed by atoms with E-state index < -0.39 is 5.60 Å². The van der Waals surface area contributed by atoms with E-state index in [9.17, 15) is 15.0 Å². The minimum absolute atomic E-state index is 0.0415. The Morgan fingerprint density at radius 2 is 1.85 bits per heavy atom. The van der Waals surface area contributed by atoms with Crippen molar-refractivity contribution in [2.24, 2.45) is 0 Å². The highest BCUT2D eigenvalue weighted by molar-refractivity contribution is 5.74. The van der Waals surface area contributed by atoms with Gasteiger partial charge in [-0.15, -0.1) is 0 Å². The van der Waals surface area contributed by atoms with Crippen LogP contribution in [0.1, 0.15) is 44.1 Å². The van der Waals surface area contributed by atoms with Gasteiger partial charge < -0.3 is 20.4 Å². The molecule has 0 aromatic heterocycles. The molecule has 3 rings (SSSR count). The van der Waals surface area contributed by atoms with Crippen LogP contribution in [-0.4, -0.2) is 70.5 Å². The summed E-state index contributed by atoms with van der Waals surface area (Å²) in [6.45, 7) is 3.59. The first-order valence-corrected chi connectivity index (χ1v) is 10.2. The third-order valence-corrected chi connectivity index (χ3v) is 5.86. The number of benzene rings is 1. The van der Waals surface area contributed by atoms with Gasteiger partial charge in [0.25, 0.3) is 0 Å². The number of nitrogens with one attached hydrogen (secondary N) is 1. The van der Waals surface area contributed by atoms with Crippen LogP contribution >= 0.6 is 0 Å². The highest BCUT2D eigenvalue weighted by Crippen LogP contribution is 2.22. The number of aliphatic hydroxyl groups is 2. The number of aliphatic hydroxyl groups excluding tert-OH is 1. The van der Waals surface area contributed by atoms with E-state index in [0.29, 0.717) is 25.9 Å². The van der Waals surface area contributed by atoms with Crippen LogP contribution < -0.4 is 5.32 Å². The van der Waals surface area contributed by atoms with Gasteiger partial charge in [0.1, 0.15) is 0 Å². The topological polar surface area (TPSA) is 76.0 Å². The van der Waals surface area contributed by atoms with Crippen molar-refractivity contribution in [3.05, 3.63) is 35.9 Å². The number of rotatable bonds is 4. The molecule has 0 radical (unpaired) electrons. The van der Waals surface area contributed by atoms with Crippen molar-refractivity contribution in [3.8, 4) is 0 Å². The van der Waals surface area contributed by atoms with Crippen molar-refractivity contribution in [2.45, 2.75) is 56.7 Å². The number of amides is 2. The molecule has 2 aliphatic rings. The molecule has 0 bridgehead atoms.